The van der Waals surface area contributed by atoms with Crippen molar-refractivity contribution in [3.63, 3.8) is 0 Å². The quantitative estimate of drug-likeness (QED) is 0.742. The molecule has 1 aromatic rings. The van der Waals surface area contributed by atoms with Crippen LogP contribution in [0.3, 0.4) is 0 Å². The molecule has 1 aromatic heterocycles. The summed E-state index contributed by atoms with van der Waals surface area (Å²) in [5.74, 6) is -0.671. The molecule has 3 nitrogen and oxygen atoms in total. The topological polar surface area (TPSA) is 45.9 Å². The molecule has 0 atom stereocenters. The van der Waals surface area contributed by atoms with Crippen molar-refractivity contribution in [2.45, 2.75) is 12.2 Å². The Labute approximate surface area is 88.1 Å². The Balaban J connectivity index is 3.00. The number of hydrogen-bond donors (Lipinski definition) is 0. The highest BCUT2D eigenvalue weighted by Crippen LogP contribution is 2.22. The largest absolute Gasteiger partial charge is 0.574 e. The first-order valence-electron chi connectivity index (χ1n) is 3.68. The molecule has 0 saturated heterocycles. The van der Waals surface area contributed by atoms with E-state index in [-0.39, 0.29) is 11.6 Å². The van der Waals surface area contributed by atoms with Gasteiger partial charge in [0.15, 0.2) is 0 Å². The van der Waals surface area contributed by atoms with Crippen molar-refractivity contribution in [1.82, 2.24) is 4.98 Å². The third-order valence-electron chi connectivity index (χ3n) is 1.42. The molecule has 0 fully saturated rings. The van der Waals surface area contributed by atoms with Crippen LogP contribution >= 0.6 is 11.6 Å². The molecule has 0 bridgehead atoms. The first kappa shape index (κ1) is 11.6. The second kappa shape index (κ2) is 4.36. The van der Waals surface area contributed by atoms with E-state index in [1.54, 1.807) is 6.07 Å². The van der Waals surface area contributed by atoms with Gasteiger partial charge in [-0.25, -0.2) is 4.98 Å². The van der Waals surface area contributed by atoms with E-state index in [9.17, 15) is 13.2 Å². The summed E-state index contributed by atoms with van der Waals surface area (Å²) in [7, 11) is 0. The molecule has 0 aliphatic carbocycles. The zero-order valence-electron chi connectivity index (χ0n) is 7.18. The van der Waals surface area contributed by atoms with Crippen LogP contribution < -0.4 is 4.74 Å². The highest BCUT2D eigenvalue weighted by molar-refractivity contribution is 6.17. The Morgan fingerprint density at radius 3 is 2.60 bits per heavy atom. The van der Waals surface area contributed by atoms with Gasteiger partial charge in [-0.2, -0.15) is 5.26 Å². The smallest absolute Gasteiger partial charge is 0.388 e. The van der Waals surface area contributed by atoms with E-state index in [1.165, 1.54) is 6.07 Å². The maximum Gasteiger partial charge on any atom is 0.574 e. The van der Waals surface area contributed by atoms with Crippen molar-refractivity contribution in [3.8, 4) is 11.9 Å². The van der Waals surface area contributed by atoms with Gasteiger partial charge in [0, 0.05) is 11.6 Å². The van der Waals surface area contributed by atoms with Gasteiger partial charge in [-0.15, -0.1) is 24.8 Å². The van der Waals surface area contributed by atoms with Gasteiger partial charge < -0.3 is 4.74 Å². The second-order valence-corrected chi connectivity index (χ2v) is 2.72. The number of ether oxygens (including phenoxy) is 1. The van der Waals surface area contributed by atoms with Crippen molar-refractivity contribution < 1.29 is 17.9 Å². The minimum absolute atomic E-state index is 0.00217. The molecular formula is C8H4ClF3N2O. The predicted octanol–water partition coefficient (Wildman–Crippen LogP) is 2.59. The molecule has 15 heavy (non-hydrogen) atoms. The van der Waals surface area contributed by atoms with E-state index in [0.29, 0.717) is 5.56 Å². The Kier molecular flexibility index (Phi) is 3.37. The summed E-state index contributed by atoms with van der Waals surface area (Å²) in [6.45, 7) is 0. The predicted molar refractivity (Wildman–Crippen MR) is 45.2 cm³/mol. The van der Waals surface area contributed by atoms with E-state index in [2.05, 4.69) is 9.72 Å². The van der Waals surface area contributed by atoms with Crippen LogP contribution in [0.2, 0.25) is 0 Å². The molecule has 0 radical (unpaired) electrons. The van der Waals surface area contributed by atoms with Gasteiger partial charge in [-0.1, -0.05) is 0 Å². The molecule has 0 spiro atoms. The van der Waals surface area contributed by atoms with Crippen molar-refractivity contribution in [3.05, 3.63) is 23.4 Å². The number of nitrogens with zero attached hydrogens (tertiary/aromatic N) is 2. The summed E-state index contributed by atoms with van der Waals surface area (Å²) in [5.41, 5.74) is 0.181. The number of rotatable bonds is 2. The highest BCUT2D eigenvalue weighted by atomic mass is 35.5. The fourth-order valence-electron chi connectivity index (χ4n) is 0.850. The fraction of sp³-hybridized carbons (Fsp3) is 0.250. The van der Waals surface area contributed by atoms with Gasteiger partial charge in [-0.05, 0) is 6.07 Å². The number of pyridine rings is 1. The number of aromatic nitrogens is 1. The van der Waals surface area contributed by atoms with Crippen LogP contribution in [0.15, 0.2) is 12.1 Å². The molecule has 0 aromatic carbocycles. The third kappa shape index (κ3) is 3.29. The van der Waals surface area contributed by atoms with Crippen LogP contribution in [-0.4, -0.2) is 11.3 Å². The van der Waals surface area contributed by atoms with Gasteiger partial charge in [0.05, 0.1) is 5.88 Å². The average Bonchev–Trinajstić information content (AvgIpc) is 2.15. The second-order valence-electron chi connectivity index (χ2n) is 2.45. The van der Waals surface area contributed by atoms with Crippen LogP contribution in [0.1, 0.15) is 11.3 Å². The summed E-state index contributed by atoms with van der Waals surface area (Å²) in [5, 5.41) is 8.56. The minimum Gasteiger partial charge on any atom is -0.388 e. The van der Waals surface area contributed by atoms with Gasteiger partial charge in [0.1, 0.15) is 11.8 Å². The van der Waals surface area contributed by atoms with Gasteiger partial charge in [0.2, 0.25) is 5.88 Å². The molecular weight excluding hydrogens is 233 g/mol. The van der Waals surface area contributed by atoms with E-state index >= 15 is 0 Å². The maximum absolute atomic E-state index is 11.8. The minimum atomic E-state index is -4.82. The van der Waals surface area contributed by atoms with Crippen LogP contribution in [0.4, 0.5) is 13.2 Å². The maximum atomic E-state index is 11.8. The Hall–Kier alpha value is -1.48. The summed E-state index contributed by atoms with van der Waals surface area (Å²) in [4.78, 5) is 3.36. The van der Waals surface area contributed by atoms with Crippen LogP contribution in [-0.2, 0) is 5.88 Å². The van der Waals surface area contributed by atoms with Gasteiger partial charge in [-0.3, -0.25) is 0 Å². The average molecular weight is 237 g/mol. The number of hydrogen-bond acceptors (Lipinski definition) is 3. The van der Waals surface area contributed by atoms with E-state index in [0.717, 1.165) is 6.07 Å². The molecule has 0 unspecified atom stereocenters. The number of alkyl halides is 4. The van der Waals surface area contributed by atoms with Crippen LogP contribution in [0, 0.1) is 11.3 Å². The summed E-state index contributed by atoms with van der Waals surface area (Å²) in [6, 6.07) is 3.90. The molecule has 80 valence electrons. The van der Waals surface area contributed by atoms with Gasteiger partial charge >= 0.3 is 6.36 Å². The molecule has 0 amide bonds. The number of nitriles is 1. The summed E-state index contributed by atoms with van der Waals surface area (Å²) < 4.78 is 38.9. The molecule has 1 heterocycles. The molecule has 0 saturated carbocycles. The zero-order valence-corrected chi connectivity index (χ0v) is 7.93. The summed E-state index contributed by atoms with van der Waals surface area (Å²) in [6.07, 6.45) is -4.82. The molecule has 0 aliphatic heterocycles. The Bertz CT molecular complexity index is 400. The van der Waals surface area contributed by atoms with Gasteiger partial charge in [0.25, 0.3) is 0 Å². The third-order valence-corrected chi connectivity index (χ3v) is 1.71. The highest BCUT2D eigenvalue weighted by Gasteiger charge is 2.31. The standard InChI is InChI=1S/C8H4ClF3N2O/c9-3-5-1-2-7(14-6(5)4-13)15-8(10,11)12/h1-2H,3H2. The molecule has 0 aliphatic rings. The first-order chi connectivity index (χ1) is 6.96. The van der Waals surface area contributed by atoms with E-state index < -0.39 is 12.2 Å². The zero-order chi connectivity index (χ0) is 11.5. The lowest BCUT2D eigenvalue weighted by Crippen LogP contribution is -2.18. The monoisotopic (exact) mass is 236 g/mol. The van der Waals surface area contributed by atoms with E-state index in [1.807, 2.05) is 0 Å². The lowest BCUT2D eigenvalue weighted by molar-refractivity contribution is -0.276. The number of halogens is 4. The Morgan fingerprint density at radius 2 is 2.13 bits per heavy atom. The summed E-state index contributed by atoms with van der Waals surface area (Å²) >= 11 is 5.44. The van der Waals surface area contributed by atoms with Crippen molar-refractivity contribution in [2.24, 2.45) is 0 Å². The van der Waals surface area contributed by atoms with E-state index in [4.69, 9.17) is 16.9 Å². The fourth-order valence-corrected chi connectivity index (χ4v) is 1.07. The normalized spacial score (nSPS) is 10.9. The van der Waals surface area contributed by atoms with Crippen LogP contribution in [0.5, 0.6) is 5.88 Å². The van der Waals surface area contributed by atoms with Crippen molar-refractivity contribution in [2.75, 3.05) is 0 Å². The van der Waals surface area contributed by atoms with Crippen molar-refractivity contribution in [1.29, 1.82) is 5.26 Å². The lowest BCUT2D eigenvalue weighted by Gasteiger charge is -2.08. The van der Waals surface area contributed by atoms with Crippen molar-refractivity contribution >= 4 is 11.6 Å². The first-order valence-corrected chi connectivity index (χ1v) is 4.21. The molecule has 0 N–H and O–H groups in total. The van der Waals surface area contributed by atoms with Crippen LogP contribution in [0.25, 0.3) is 0 Å². The SMILES string of the molecule is N#Cc1nc(OC(F)(F)F)ccc1CCl. The lowest BCUT2D eigenvalue weighted by atomic mass is 10.2. The molecule has 1 rings (SSSR count). The Morgan fingerprint density at radius 1 is 1.47 bits per heavy atom. The molecule has 7 heteroatoms.